The van der Waals surface area contributed by atoms with Gasteiger partial charge < -0.3 is 19.7 Å². The number of fused-ring (bicyclic) bond motifs is 1. The lowest BCUT2D eigenvalue weighted by atomic mass is 10.0. The number of halogens is 5. The van der Waals surface area contributed by atoms with Crippen molar-refractivity contribution in [3.8, 4) is 11.3 Å². The number of hydrogen-bond acceptors (Lipinski definition) is 6. The minimum atomic E-state index is -3.03. The normalized spacial score (nSPS) is 27.4. The van der Waals surface area contributed by atoms with Crippen molar-refractivity contribution in [1.82, 2.24) is 15.1 Å². The number of hydrogen-bond donors (Lipinski definition) is 1. The van der Waals surface area contributed by atoms with Crippen LogP contribution < -0.4 is 5.32 Å². The minimum Gasteiger partial charge on any atom is -0.376 e. The summed E-state index contributed by atoms with van der Waals surface area (Å²) in [6, 6.07) is 2.10. The van der Waals surface area contributed by atoms with Crippen LogP contribution in [0.2, 0.25) is 0 Å². The van der Waals surface area contributed by atoms with E-state index in [1.807, 2.05) is 0 Å². The van der Waals surface area contributed by atoms with Crippen molar-refractivity contribution >= 4 is 5.82 Å². The molecule has 0 bridgehead atoms. The maximum absolute atomic E-state index is 14.2. The summed E-state index contributed by atoms with van der Waals surface area (Å²) in [6.45, 7) is 4.61. The lowest BCUT2D eigenvalue weighted by molar-refractivity contribution is -0.0964. The fraction of sp³-hybridized carbons (Fsp3) is 0.565. The molecule has 6 nitrogen and oxygen atoms in total. The highest BCUT2D eigenvalue weighted by molar-refractivity contribution is 5.65. The van der Waals surface area contributed by atoms with Crippen LogP contribution in [0.5, 0.6) is 0 Å². The summed E-state index contributed by atoms with van der Waals surface area (Å²) < 4.78 is 80.0. The van der Waals surface area contributed by atoms with E-state index in [0.29, 0.717) is 43.8 Å². The molecule has 4 atom stereocenters. The first kappa shape index (κ1) is 23.4. The van der Waals surface area contributed by atoms with Gasteiger partial charge >= 0.3 is 0 Å². The average Bonchev–Trinajstić information content (AvgIpc) is 3.34. The molecule has 1 aliphatic carbocycles. The summed E-state index contributed by atoms with van der Waals surface area (Å²) in [5.41, 5.74) is -1.90. The van der Waals surface area contributed by atoms with E-state index >= 15 is 0 Å². The zero-order valence-electron chi connectivity index (χ0n) is 18.3. The Kier molecular flexibility index (Phi) is 6.67. The van der Waals surface area contributed by atoms with Crippen molar-refractivity contribution in [2.24, 2.45) is 11.8 Å². The minimum absolute atomic E-state index is 0.0421. The van der Waals surface area contributed by atoms with Gasteiger partial charge in [-0.2, -0.15) is 0 Å². The summed E-state index contributed by atoms with van der Waals surface area (Å²) in [5.74, 6) is -2.93. The molecule has 11 heteroatoms. The average molecular weight is 484 g/mol. The van der Waals surface area contributed by atoms with E-state index in [-0.39, 0.29) is 18.0 Å². The van der Waals surface area contributed by atoms with Gasteiger partial charge in [-0.25, -0.2) is 22.0 Å². The summed E-state index contributed by atoms with van der Waals surface area (Å²) in [4.78, 5) is 2.39. The Balaban J connectivity index is 1.24. The SMILES string of the molecule is Fc1cc(F)c(F)c(-c2nnc(NC3C[C@@H]4CN(C[C@@H]5COCCO5)C[C@@H]4C3)cc2C(F)F)c1. The van der Waals surface area contributed by atoms with E-state index < -0.39 is 40.7 Å². The van der Waals surface area contributed by atoms with Crippen LogP contribution in [0.1, 0.15) is 24.8 Å². The molecule has 0 amide bonds. The van der Waals surface area contributed by atoms with Crippen LogP contribution >= 0.6 is 0 Å². The Hall–Kier alpha value is -2.37. The fourth-order valence-corrected chi connectivity index (χ4v) is 5.38. The maximum atomic E-state index is 14.2. The molecule has 1 aromatic heterocycles. The second-order valence-electron chi connectivity index (χ2n) is 9.20. The summed E-state index contributed by atoms with van der Waals surface area (Å²) in [6.07, 6.45) is -1.21. The van der Waals surface area contributed by atoms with Crippen LogP contribution in [0.25, 0.3) is 11.3 Å². The molecular weight excluding hydrogens is 459 g/mol. The molecule has 2 aliphatic heterocycles. The second kappa shape index (κ2) is 9.71. The van der Waals surface area contributed by atoms with Crippen LogP contribution in [0.15, 0.2) is 18.2 Å². The van der Waals surface area contributed by atoms with Gasteiger partial charge in [0.25, 0.3) is 6.43 Å². The monoisotopic (exact) mass is 484 g/mol. The number of alkyl halides is 2. The van der Waals surface area contributed by atoms with Crippen molar-refractivity contribution in [3.63, 3.8) is 0 Å². The topological polar surface area (TPSA) is 59.5 Å². The van der Waals surface area contributed by atoms with Gasteiger partial charge in [0, 0.05) is 42.9 Å². The van der Waals surface area contributed by atoms with E-state index in [4.69, 9.17) is 9.47 Å². The van der Waals surface area contributed by atoms with E-state index in [1.165, 1.54) is 0 Å². The van der Waals surface area contributed by atoms with E-state index in [1.54, 1.807) is 0 Å². The number of nitrogens with one attached hydrogen (secondary N) is 1. The third-order valence-corrected chi connectivity index (χ3v) is 6.83. The zero-order chi connectivity index (χ0) is 23.8. The van der Waals surface area contributed by atoms with Gasteiger partial charge in [-0.1, -0.05) is 0 Å². The van der Waals surface area contributed by atoms with E-state index in [0.717, 1.165) is 38.5 Å². The lowest BCUT2D eigenvalue weighted by Gasteiger charge is -2.28. The molecule has 5 rings (SSSR count). The van der Waals surface area contributed by atoms with Crippen LogP contribution in [-0.2, 0) is 9.47 Å². The van der Waals surface area contributed by atoms with Crippen molar-refractivity contribution < 1.29 is 31.4 Å². The molecule has 0 radical (unpaired) electrons. The third-order valence-electron chi connectivity index (χ3n) is 6.83. The van der Waals surface area contributed by atoms with Gasteiger partial charge in [0.1, 0.15) is 17.3 Å². The van der Waals surface area contributed by atoms with Gasteiger partial charge in [-0.15, -0.1) is 10.2 Å². The van der Waals surface area contributed by atoms with Crippen molar-refractivity contribution in [3.05, 3.63) is 41.2 Å². The highest BCUT2D eigenvalue weighted by atomic mass is 19.3. The Bertz CT molecular complexity index is 1020. The van der Waals surface area contributed by atoms with Crippen LogP contribution in [0.3, 0.4) is 0 Å². The molecule has 1 saturated carbocycles. The number of benzene rings is 1. The summed E-state index contributed by atoms with van der Waals surface area (Å²) >= 11 is 0. The number of aromatic nitrogens is 2. The molecular formula is C23H25F5N4O2. The molecule has 1 aromatic carbocycles. The number of anilines is 1. The van der Waals surface area contributed by atoms with Crippen LogP contribution in [0, 0.1) is 29.3 Å². The number of ether oxygens (including phenoxy) is 2. The predicted octanol–water partition coefficient (Wildman–Crippen LogP) is 4.04. The quantitative estimate of drug-likeness (QED) is 0.494. The molecule has 2 aromatic rings. The second-order valence-corrected chi connectivity index (χ2v) is 9.20. The van der Waals surface area contributed by atoms with Crippen molar-refractivity contribution in [1.29, 1.82) is 0 Å². The molecule has 184 valence electrons. The predicted molar refractivity (Wildman–Crippen MR) is 113 cm³/mol. The van der Waals surface area contributed by atoms with Gasteiger partial charge in [0.15, 0.2) is 11.6 Å². The number of nitrogens with zero attached hydrogens (tertiary/aromatic N) is 3. The molecule has 2 saturated heterocycles. The van der Waals surface area contributed by atoms with Crippen LogP contribution in [-0.4, -0.2) is 66.7 Å². The van der Waals surface area contributed by atoms with Gasteiger partial charge in [0.05, 0.1) is 25.9 Å². The van der Waals surface area contributed by atoms with Crippen molar-refractivity contribution in [2.45, 2.75) is 31.4 Å². The highest BCUT2D eigenvalue weighted by Crippen LogP contribution is 2.40. The van der Waals surface area contributed by atoms with Gasteiger partial charge in [-0.05, 0) is 36.8 Å². The molecule has 3 aliphatic rings. The Morgan fingerprint density at radius 3 is 2.47 bits per heavy atom. The molecule has 1 unspecified atom stereocenters. The van der Waals surface area contributed by atoms with E-state index in [2.05, 4.69) is 20.4 Å². The number of rotatable bonds is 6. The Morgan fingerprint density at radius 2 is 1.79 bits per heavy atom. The number of likely N-dealkylation sites (tertiary alicyclic amines) is 1. The third kappa shape index (κ3) is 4.87. The van der Waals surface area contributed by atoms with Crippen LogP contribution in [0.4, 0.5) is 27.8 Å². The highest BCUT2D eigenvalue weighted by Gasteiger charge is 2.41. The standard InChI is InChI=1S/C23H25F5N4O2/c24-14-5-17(21(26)19(25)6-14)22-18(23(27)28)7-20(30-31-22)29-15-3-12-8-32(9-13(12)4-15)10-16-11-33-1-2-34-16/h5-7,12-13,15-16,23H,1-4,8-11H2,(H,29,30)/t12-,13+,15?,16-/m1/s1. The first-order valence-corrected chi connectivity index (χ1v) is 11.4. The Labute approximate surface area is 193 Å². The Morgan fingerprint density at radius 1 is 1.03 bits per heavy atom. The van der Waals surface area contributed by atoms with Gasteiger partial charge in [-0.3, -0.25) is 0 Å². The van der Waals surface area contributed by atoms with Gasteiger partial charge in [0.2, 0.25) is 0 Å². The maximum Gasteiger partial charge on any atom is 0.266 e. The molecule has 34 heavy (non-hydrogen) atoms. The summed E-state index contributed by atoms with van der Waals surface area (Å²) in [5, 5.41) is 10.8. The molecule has 0 spiro atoms. The first-order valence-electron chi connectivity index (χ1n) is 11.4. The molecule has 3 heterocycles. The first-order chi connectivity index (χ1) is 16.4. The van der Waals surface area contributed by atoms with E-state index in [9.17, 15) is 22.0 Å². The fourth-order valence-electron chi connectivity index (χ4n) is 5.38. The lowest BCUT2D eigenvalue weighted by Crippen LogP contribution is -2.39. The van der Waals surface area contributed by atoms with Crippen molar-refractivity contribution in [2.75, 3.05) is 44.8 Å². The largest absolute Gasteiger partial charge is 0.376 e. The molecule has 3 fully saturated rings. The molecule has 1 N–H and O–H groups in total. The summed E-state index contributed by atoms with van der Waals surface area (Å²) in [7, 11) is 0. The smallest absolute Gasteiger partial charge is 0.266 e. The zero-order valence-corrected chi connectivity index (χ0v) is 18.3.